The molecular formula is C47H74N2O7. The minimum Gasteiger partial charge on any atom is -0.335 e. The lowest BCUT2D eigenvalue weighted by Crippen LogP contribution is -2.45. The van der Waals surface area contributed by atoms with Crippen molar-refractivity contribution in [2.45, 2.75) is 151 Å². The maximum atomic E-state index is 14.6. The standard InChI is InChI=1S/C47H74N2O7/c1-7-16-41(51)26-38(21-14-15-22-48)45(54)28-39(23-33(2)3)46(55)29-43(34(4)5)47(56)49(30-37-19-12-9-13-20-37)31-42(52)27-40(44(53)24-35(6)32-50)25-36-17-10-8-11-18-36/h8,10-11,17-18,32-35,37-40,43H,7,9,12-16,19-31,48H2,1-6H3. The fraction of sp³-hybridized carbons (Fsp3) is 0.723. The molecule has 1 aromatic rings. The Morgan fingerprint density at radius 2 is 1.39 bits per heavy atom. The van der Waals surface area contributed by atoms with Gasteiger partial charge in [-0.3, -0.25) is 28.8 Å². The number of nitrogens with two attached hydrogens (primary N) is 1. The molecule has 2 rings (SSSR count). The largest absolute Gasteiger partial charge is 0.335 e. The molecule has 0 aliphatic heterocycles. The van der Waals surface area contributed by atoms with Gasteiger partial charge in [0.1, 0.15) is 29.4 Å². The number of nitrogens with zero attached hydrogens (tertiary/aromatic N) is 1. The van der Waals surface area contributed by atoms with E-state index in [-0.39, 0.29) is 91.2 Å². The van der Waals surface area contributed by atoms with Gasteiger partial charge in [0.05, 0.1) is 6.54 Å². The first-order valence-electron chi connectivity index (χ1n) is 21.8. The molecule has 9 nitrogen and oxygen atoms in total. The lowest BCUT2D eigenvalue weighted by Gasteiger charge is -2.34. The average Bonchev–Trinajstić information content (AvgIpc) is 3.16. The van der Waals surface area contributed by atoms with Crippen LogP contribution in [0.3, 0.4) is 0 Å². The van der Waals surface area contributed by atoms with Crippen LogP contribution in [-0.2, 0) is 40.0 Å². The van der Waals surface area contributed by atoms with Gasteiger partial charge in [0.2, 0.25) is 5.91 Å². The number of hydrogen-bond acceptors (Lipinski definition) is 8. The second-order valence-electron chi connectivity index (χ2n) is 17.6. The van der Waals surface area contributed by atoms with E-state index in [0.29, 0.717) is 38.8 Å². The van der Waals surface area contributed by atoms with Crippen LogP contribution in [0.2, 0.25) is 0 Å². The van der Waals surface area contributed by atoms with E-state index in [9.17, 15) is 33.6 Å². The molecule has 1 amide bonds. The first-order valence-corrected chi connectivity index (χ1v) is 21.8. The molecular weight excluding hydrogens is 705 g/mol. The Morgan fingerprint density at radius 1 is 0.768 bits per heavy atom. The zero-order valence-corrected chi connectivity index (χ0v) is 35.6. The maximum absolute atomic E-state index is 14.6. The first-order chi connectivity index (χ1) is 26.7. The fourth-order valence-electron chi connectivity index (χ4n) is 8.30. The van der Waals surface area contributed by atoms with Gasteiger partial charge in [0.15, 0.2) is 5.78 Å². The molecule has 0 radical (unpaired) electrons. The fourth-order valence-corrected chi connectivity index (χ4v) is 8.30. The summed E-state index contributed by atoms with van der Waals surface area (Å²) in [6.07, 6.45) is 10.3. The highest BCUT2D eigenvalue weighted by Crippen LogP contribution is 2.30. The number of benzene rings is 1. The quantitative estimate of drug-likeness (QED) is 0.0605. The Hall–Kier alpha value is -3.33. The minimum atomic E-state index is -0.676. The highest BCUT2D eigenvalue weighted by Gasteiger charge is 2.36. The Labute approximate surface area is 338 Å². The summed E-state index contributed by atoms with van der Waals surface area (Å²) >= 11 is 0. The molecule has 9 heteroatoms. The van der Waals surface area contributed by atoms with Crippen LogP contribution >= 0.6 is 0 Å². The summed E-state index contributed by atoms with van der Waals surface area (Å²) in [6, 6.07) is 9.52. The topological polar surface area (TPSA) is 149 Å². The van der Waals surface area contributed by atoms with Crippen molar-refractivity contribution in [2.24, 2.45) is 53.1 Å². The van der Waals surface area contributed by atoms with Crippen molar-refractivity contribution in [3.05, 3.63) is 35.9 Å². The van der Waals surface area contributed by atoms with Gasteiger partial charge < -0.3 is 15.4 Å². The van der Waals surface area contributed by atoms with E-state index in [2.05, 4.69) is 0 Å². The Balaban J connectivity index is 2.34. The number of aldehydes is 1. The molecule has 0 saturated heterocycles. The number of rotatable bonds is 30. The molecule has 56 heavy (non-hydrogen) atoms. The number of unbranched alkanes of at least 4 members (excludes halogenated alkanes) is 1. The summed E-state index contributed by atoms with van der Waals surface area (Å²) in [4.78, 5) is 95.8. The van der Waals surface area contributed by atoms with E-state index in [4.69, 9.17) is 5.73 Å². The number of Topliss-reactive ketones (excluding diaryl/α,β-unsaturated/α-hetero) is 5. The first kappa shape index (κ1) is 48.8. The van der Waals surface area contributed by atoms with E-state index in [0.717, 1.165) is 63.2 Å². The van der Waals surface area contributed by atoms with Gasteiger partial charge in [-0.2, -0.15) is 0 Å². The molecule has 2 N–H and O–H groups in total. The second kappa shape index (κ2) is 26.6. The summed E-state index contributed by atoms with van der Waals surface area (Å²) in [5, 5.41) is 0. The molecule has 1 aliphatic carbocycles. The molecule has 1 aromatic carbocycles. The predicted octanol–water partition coefficient (Wildman–Crippen LogP) is 8.37. The normalized spacial score (nSPS) is 16.2. The van der Waals surface area contributed by atoms with Crippen LogP contribution in [0, 0.1) is 47.3 Å². The SMILES string of the molecule is CCCC(=O)CC(CCCCN)C(=O)CC(CC(C)C)C(=O)CC(C(=O)N(CC(=O)CC(Cc1ccccc1)C(=O)CC(C)C=O)CC1CCCCC1)C(C)C. The van der Waals surface area contributed by atoms with Crippen LogP contribution in [0.1, 0.15) is 150 Å². The zero-order valence-electron chi connectivity index (χ0n) is 35.6. The number of carbonyl (C=O) groups is 7. The van der Waals surface area contributed by atoms with Gasteiger partial charge in [0, 0.05) is 74.7 Å². The summed E-state index contributed by atoms with van der Waals surface area (Å²) in [5.74, 6) is -3.27. The van der Waals surface area contributed by atoms with E-state index >= 15 is 0 Å². The number of hydrogen-bond donors (Lipinski definition) is 1. The molecule has 0 spiro atoms. The molecule has 5 atom stereocenters. The van der Waals surface area contributed by atoms with Gasteiger partial charge in [-0.25, -0.2) is 0 Å². The van der Waals surface area contributed by atoms with E-state index in [1.54, 1.807) is 11.8 Å². The molecule has 1 fully saturated rings. The summed E-state index contributed by atoms with van der Waals surface area (Å²) in [7, 11) is 0. The zero-order chi connectivity index (χ0) is 41.6. The lowest BCUT2D eigenvalue weighted by molar-refractivity contribution is -0.144. The van der Waals surface area contributed by atoms with E-state index in [1.807, 2.05) is 65.0 Å². The third kappa shape index (κ3) is 18.3. The molecule has 0 aromatic heterocycles. The Morgan fingerprint density at radius 3 is 1.98 bits per heavy atom. The van der Waals surface area contributed by atoms with Crippen molar-refractivity contribution < 1.29 is 33.6 Å². The van der Waals surface area contributed by atoms with Crippen LogP contribution in [0.15, 0.2) is 30.3 Å². The summed E-state index contributed by atoms with van der Waals surface area (Å²) < 4.78 is 0. The highest BCUT2D eigenvalue weighted by atomic mass is 16.2. The molecule has 5 unspecified atom stereocenters. The minimum absolute atomic E-state index is 0.0260. The van der Waals surface area contributed by atoms with Crippen molar-refractivity contribution in [1.82, 2.24) is 4.90 Å². The van der Waals surface area contributed by atoms with Crippen molar-refractivity contribution in [3.63, 3.8) is 0 Å². The van der Waals surface area contributed by atoms with Crippen molar-refractivity contribution >= 4 is 41.1 Å². The predicted molar refractivity (Wildman–Crippen MR) is 223 cm³/mol. The van der Waals surface area contributed by atoms with Gasteiger partial charge in [-0.05, 0) is 74.8 Å². The maximum Gasteiger partial charge on any atom is 0.226 e. The van der Waals surface area contributed by atoms with Crippen LogP contribution in [0.4, 0.5) is 0 Å². The average molecular weight is 779 g/mol. The smallest absolute Gasteiger partial charge is 0.226 e. The lowest BCUT2D eigenvalue weighted by atomic mass is 9.79. The molecule has 1 saturated carbocycles. The number of amides is 1. The third-order valence-electron chi connectivity index (χ3n) is 11.6. The van der Waals surface area contributed by atoms with Gasteiger partial charge in [-0.1, -0.05) is 97.6 Å². The number of carbonyl (C=O) groups excluding carboxylic acids is 7. The Bertz CT molecular complexity index is 1380. The molecule has 0 bridgehead atoms. The molecule has 314 valence electrons. The van der Waals surface area contributed by atoms with Crippen molar-refractivity contribution in [1.29, 1.82) is 0 Å². The number of ketones is 5. The summed E-state index contributed by atoms with van der Waals surface area (Å²) in [6.45, 7) is 12.3. The van der Waals surface area contributed by atoms with Gasteiger partial charge in [-0.15, -0.1) is 0 Å². The second-order valence-corrected chi connectivity index (χ2v) is 17.6. The van der Waals surface area contributed by atoms with Crippen LogP contribution in [0.5, 0.6) is 0 Å². The van der Waals surface area contributed by atoms with Crippen LogP contribution < -0.4 is 5.73 Å². The van der Waals surface area contributed by atoms with Gasteiger partial charge in [0.25, 0.3) is 0 Å². The summed E-state index contributed by atoms with van der Waals surface area (Å²) in [5.41, 5.74) is 6.65. The van der Waals surface area contributed by atoms with Crippen molar-refractivity contribution in [3.8, 4) is 0 Å². The molecule has 1 aliphatic rings. The third-order valence-corrected chi connectivity index (χ3v) is 11.6. The van der Waals surface area contributed by atoms with Crippen LogP contribution in [0.25, 0.3) is 0 Å². The monoisotopic (exact) mass is 779 g/mol. The van der Waals surface area contributed by atoms with Crippen molar-refractivity contribution in [2.75, 3.05) is 19.6 Å². The highest BCUT2D eigenvalue weighted by molar-refractivity contribution is 5.95. The molecule has 0 heterocycles. The van der Waals surface area contributed by atoms with Crippen LogP contribution in [-0.4, -0.2) is 65.6 Å². The van der Waals surface area contributed by atoms with Gasteiger partial charge >= 0.3 is 0 Å². The van der Waals surface area contributed by atoms with E-state index in [1.165, 1.54) is 0 Å². The Kier molecular flexibility index (Phi) is 23.2. The van der Waals surface area contributed by atoms with E-state index < -0.39 is 29.6 Å².